The number of methoxy groups -OCH3 is 1. The zero-order valence-corrected chi connectivity index (χ0v) is 11.7. The van der Waals surface area contributed by atoms with Crippen molar-refractivity contribution in [2.24, 2.45) is 0 Å². The van der Waals surface area contributed by atoms with Crippen molar-refractivity contribution in [1.82, 2.24) is 0 Å². The minimum Gasteiger partial charge on any atom is -0.372 e. The second kappa shape index (κ2) is 4.61. The zero-order valence-electron chi connectivity index (χ0n) is 10.0. The summed E-state index contributed by atoms with van der Waals surface area (Å²) in [6.45, 7) is 1.89. The maximum Gasteiger partial charge on any atom is 0.122 e. The minimum atomic E-state index is -2.43. The lowest BCUT2D eigenvalue weighted by Gasteiger charge is -2.35. The number of hydrogen-bond acceptors (Lipinski definition) is 2. The molecular weight excluding hydrogens is 255 g/mol. The Morgan fingerprint density at radius 3 is 2.59 bits per heavy atom. The molecule has 1 aromatic carbocycles. The first kappa shape index (κ1) is 12.9. The van der Waals surface area contributed by atoms with Gasteiger partial charge in [0.1, 0.15) is 12.7 Å². The lowest BCUT2D eigenvalue weighted by molar-refractivity contribution is 0.0629. The number of benzene rings is 1. The number of rotatable bonds is 2. The van der Waals surface area contributed by atoms with E-state index < -0.39 is 12.7 Å². The summed E-state index contributed by atoms with van der Waals surface area (Å²) >= 11 is 6.15. The normalized spacial score (nSPS) is 33.2. The van der Waals surface area contributed by atoms with Crippen molar-refractivity contribution in [2.45, 2.75) is 12.5 Å². The van der Waals surface area contributed by atoms with Crippen LogP contribution in [0.25, 0.3) is 0 Å². The van der Waals surface area contributed by atoms with Gasteiger partial charge in [0.2, 0.25) is 0 Å². The van der Waals surface area contributed by atoms with Gasteiger partial charge in [-0.25, -0.2) is 0 Å². The van der Waals surface area contributed by atoms with Crippen LogP contribution < -0.4 is 5.30 Å². The molecule has 0 spiro atoms. The molecule has 17 heavy (non-hydrogen) atoms. The van der Waals surface area contributed by atoms with E-state index in [1.807, 2.05) is 43.3 Å². The van der Waals surface area contributed by atoms with Gasteiger partial charge >= 0.3 is 0 Å². The SMILES string of the molecule is CO[C@@]1(C)C[P@@](=O)(c2ccccc2)CC=C1Cl. The Balaban J connectivity index is 2.41. The molecule has 0 N–H and O–H groups in total. The molecule has 1 aliphatic heterocycles. The standard InChI is InChI=1S/C13H16ClO2P/c1-13(16-2)10-17(15,9-8-12(13)14)11-6-4-3-5-7-11/h3-8H,9-10H2,1-2H3/t13-,17+/m0/s1. The molecule has 0 bridgehead atoms. The van der Waals surface area contributed by atoms with E-state index in [9.17, 15) is 4.57 Å². The van der Waals surface area contributed by atoms with E-state index in [1.165, 1.54) is 0 Å². The fourth-order valence-corrected chi connectivity index (χ4v) is 5.54. The van der Waals surface area contributed by atoms with Gasteiger partial charge in [-0.05, 0) is 6.92 Å². The highest BCUT2D eigenvalue weighted by Crippen LogP contribution is 2.53. The molecule has 0 unspecified atom stereocenters. The maximum absolute atomic E-state index is 13.0. The van der Waals surface area contributed by atoms with Crippen LogP contribution in [0.15, 0.2) is 41.4 Å². The summed E-state index contributed by atoms with van der Waals surface area (Å²) in [5, 5.41) is 1.56. The van der Waals surface area contributed by atoms with Gasteiger partial charge in [0.25, 0.3) is 0 Å². The Morgan fingerprint density at radius 2 is 2.00 bits per heavy atom. The van der Waals surface area contributed by atoms with E-state index in [-0.39, 0.29) is 0 Å². The lowest BCUT2D eigenvalue weighted by Crippen LogP contribution is -2.37. The predicted octanol–water partition coefficient (Wildman–Crippen LogP) is 3.22. The fraction of sp³-hybridized carbons (Fsp3) is 0.385. The molecule has 0 saturated carbocycles. The van der Waals surface area contributed by atoms with Gasteiger partial charge in [0, 0.05) is 29.8 Å². The molecule has 0 fully saturated rings. The summed E-state index contributed by atoms with van der Waals surface area (Å²) in [5.74, 6) is 0. The van der Waals surface area contributed by atoms with Gasteiger partial charge in [-0.3, -0.25) is 0 Å². The predicted molar refractivity (Wildman–Crippen MR) is 72.8 cm³/mol. The largest absolute Gasteiger partial charge is 0.372 e. The summed E-state index contributed by atoms with van der Waals surface area (Å²) in [5.41, 5.74) is -0.620. The third-order valence-corrected chi connectivity index (χ3v) is 6.99. The van der Waals surface area contributed by atoms with Gasteiger partial charge in [-0.2, -0.15) is 0 Å². The molecule has 2 rings (SSSR count). The Kier molecular flexibility index (Phi) is 3.49. The van der Waals surface area contributed by atoms with Crippen molar-refractivity contribution in [3.8, 4) is 0 Å². The van der Waals surface area contributed by atoms with Gasteiger partial charge in [0.15, 0.2) is 0 Å². The van der Waals surface area contributed by atoms with Crippen molar-refractivity contribution >= 4 is 24.0 Å². The van der Waals surface area contributed by atoms with E-state index in [0.717, 1.165) is 5.30 Å². The van der Waals surface area contributed by atoms with Crippen LogP contribution in [0.2, 0.25) is 0 Å². The highest BCUT2D eigenvalue weighted by Gasteiger charge is 2.41. The van der Waals surface area contributed by atoms with Gasteiger partial charge in [0.05, 0.1) is 0 Å². The smallest absolute Gasteiger partial charge is 0.122 e. The van der Waals surface area contributed by atoms with Crippen LogP contribution in [0, 0.1) is 0 Å². The average Bonchev–Trinajstić information content (AvgIpc) is 2.36. The van der Waals surface area contributed by atoms with Crippen LogP contribution in [0.5, 0.6) is 0 Å². The van der Waals surface area contributed by atoms with E-state index in [4.69, 9.17) is 16.3 Å². The third-order valence-electron chi connectivity index (χ3n) is 3.31. The summed E-state index contributed by atoms with van der Waals surface area (Å²) in [4.78, 5) is 0. The molecule has 0 aromatic heterocycles. The molecule has 1 aliphatic rings. The second-order valence-electron chi connectivity index (χ2n) is 4.55. The zero-order chi connectivity index (χ0) is 12.5. The average molecular weight is 271 g/mol. The third kappa shape index (κ3) is 2.35. The molecule has 4 heteroatoms. The van der Waals surface area contributed by atoms with Crippen LogP contribution in [-0.2, 0) is 9.30 Å². The minimum absolute atomic E-state index is 0.468. The summed E-state index contributed by atoms with van der Waals surface area (Å²) in [7, 11) is -0.819. The van der Waals surface area contributed by atoms with Crippen molar-refractivity contribution < 1.29 is 9.30 Å². The maximum atomic E-state index is 13.0. The second-order valence-corrected chi connectivity index (χ2v) is 7.94. The van der Waals surface area contributed by atoms with E-state index in [1.54, 1.807) is 7.11 Å². The van der Waals surface area contributed by atoms with Crippen LogP contribution in [-0.4, -0.2) is 25.0 Å². The summed E-state index contributed by atoms with van der Waals surface area (Å²) in [6.07, 6.45) is 2.83. The molecule has 1 aromatic rings. The quantitative estimate of drug-likeness (QED) is 0.772. The summed E-state index contributed by atoms with van der Waals surface area (Å²) < 4.78 is 18.4. The highest BCUT2D eigenvalue weighted by atomic mass is 35.5. The lowest BCUT2D eigenvalue weighted by atomic mass is 10.1. The van der Waals surface area contributed by atoms with Crippen molar-refractivity contribution in [1.29, 1.82) is 0 Å². The molecule has 0 radical (unpaired) electrons. The molecular formula is C13H16ClO2P. The van der Waals surface area contributed by atoms with Crippen molar-refractivity contribution in [2.75, 3.05) is 19.4 Å². The van der Waals surface area contributed by atoms with Crippen molar-refractivity contribution in [3.05, 3.63) is 41.4 Å². The Bertz CT molecular complexity index is 483. The molecule has 92 valence electrons. The van der Waals surface area contributed by atoms with Crippen LogP contribution in [0.4, 0.5) is 0 Å². The van der Waals surface area contributed by atoms with Gasteiger partial charge in [-0.1, -0.05) is 48.0 Å². The Labute approximate surface area is 107 Å². The van der Waals surface area contributed by atoms with Crippen LogP contribution in [0.1, 0.15) is 6.92 Å². The number of allylic oxidation sites excluding steroid dienone is 1. The number of ether oxygens (including phenoxy) is 1. The van der Waals surface area contributed by atoms with Gasteiger partial charge in [-0.15, -0.1) is 0 Å². The molecule has 2 atom stereocenters. The van der Waals surface area contributed by atoms with Crippen LogP contribution >= 0.6 is 18.7 Å². The molecule has 0 saturated heterocycles. The summed E-state index contributed by atoms with van der Waals surface area (Å²) in [6, 6.07) is 9.60. The first-order valence-electron chi connectivity index (χ1n) is 5.55. The van der Waals surface area contributed by atoms with E-state index >= 15 is 0 Å². The first-order valence-corrected chi connectivity index (χ1v) is 8.01. The molecule has 0 aliphatic carbocycles. The Morgan fingerprint density at radius 1 is 1.35 bits per heavy atom. The molecule has 2 nitrogen and oxygen atoms in total. The first-order chi connectivity index (χ1) is 8.00. The topological polar surface area (TPSA) is 26.3 Å². The van der Waals surface area contributed by atoms with E-state index in [2.05, 4.69) is 0 Å². The number of hydrogen-bond donors (Lipinski definition) is 0. The molecule has 0 amide bonds. The Hall–Kier alpha value is -0.560. The number of halogens is 1. The van der Waals surface area contributed by atoms with Crippen molar-refractivity contribution in [3.63, 3.8) is 0 Å². The van der Waals surface area contributed by atoms with Crippen LogP contribution in [0.3, 0.4) is 0 Å². The fourth-order valence-electron chi connectivity index (χ4n) is 2.13. The van der Waals surface area contributed by atoms with Gasteiger partial charge < -0.3 is 9.30 Å². The molecule has 1 heterocycles. The highest BCUT2D eigenvalue weighted by molar-refractivity contribution is 7.71. The van der Waals surface area contributed by atoms with E-state index in [0.29, 0.717) is 17.4 Å². The monoisotopic (exact) mass is 270 g/mol.